The molecule has 6 heteroatoms. The number of rotatable bonds is 5. The first-order valence-corrected chi connectivity index (χ1v) is 10.6. The molecule has 0 aliphatic rings. The summed E-state index contributed by atoms with van der Waals surface area (Å²) in [5, 5.41) is 1.39. The van der Waals surface area contributed by atoms with Gasteiger partial charge in [-0.3, -0.25) is 4.21 Å². The normalized spacial score (nSPS) is 12.3. The van der Waals surface area contributed by atoms with E-state index in [0.29, 0.717) is 18.0 Å². The van der Waals surface area contributed by atoms with Gasteiger partial charge in [0.25, 0.3) is 0 Å². The van der Waals surface area contributed by atoms with Crippen LogP contribution in [0.2, 0.25) is 0 Å². The van der Waals surface area contributed by atoms with Crippen LogP contribution in [-0.4, -0.2) is 25.4 Å². The van der Waals surface area contributed by atoms with Crippen molar-refractivity contribution < 1.29 is 4.21 Å². The van der Waals surface area contributed by atoms with Gasteiger partial charge in [0.1, 0.15) is 0 Å². The molecule has 4 aromatic rings. The van der Waals surface area contributed by atoms with Crippen molar-refractivity contribution in [2.75, 3.05) is 6.26 Å². The molecule has 2 aromatic carbocycles. The highest BCUT2D eigenvalue weighted by Crippen LogP contribution is 2.23. The standard InChI is InChI=1S/C20H17N3OS2/c1-26(24)20-21-15(11-14-7-3-2-4-8-14)12-16(22-20)13-19-23-17-9-5-6-10-18(17)25-19/h2-10,12H,11,13H2,1H3. The predicted octanol–water partition coefficient (Wildman–Crippen LogP) is 4.01. The molecule has 0 aliphatic heterocycles. The molecule has 0 saturated carbocycles. The van der Waals surface area contributed by atoms with Gasteiger partial charge in [-0.25, -0.2) is 15.0 Å². The Bertz CT molecular complexity index is 1040. The van der Waals surface area contributed by atoms with Crippen LogP contribution in [0.3, 0.4) is 0 Å². The van der Waals surface area contributed by atoms with Crippen LogP contribution in [0.5, 0.6) is 0 Å². The lowest BCUT2D eigenvalue weighted by Crippen LogP contribution is -2.06. The summed E-state index contributed by atoms with van der Waals surface area (Å²) in [6.45, 7) is 0. The van der Waals surface area contributed by atoms with Gasteiger partial charge in [-0.1, -0.05) is 42.5 Å². The van der Waals surface area contributed by atoms with E-state index in [1.807, 2.05) is 42.5 Å². The molecular formula is C20H17N3OS2. The first-order valence-electron chi connectivity index (χ1n) is 8.26. The molecule has 4 rings (SSSR count). The highest BCUT2D eigenvalue weighted by molar-refractivity contribution is 7.84. The molecule has 4 nitrogen and oxygen atoms in total. The second-order valence-corrected chi connectivity index (χ2v) is 8.39. The summed E-state index contributed by atoms with van der Waals surface area (Å²) in [5.74, 6) is 0. The molecule has 1 atom stereocenters. The van der Waals surface area contributed by atoms with E-state index in [1.54, 1.807) is 17.6 Å². The minimum absolute atomic E-state index is 0.384. The smallest absolute Gasteiger partial charge is 0.218 e. The van der Waals surface area contributed by atoms with Crippen molar-refractivity contribution in [1.29, 1.82) is 0 Å². The fraction of sp³-hybridized carbons (Fsp3) is 0.150. The summed E-state index contributed by atoms with van der Waals surface area (Å²) in [5.41, 5.74) is 3.91. The average Bonchev–Trinajstić information content (AvgIpc) is 3.04. The Morgan fingerprint density at radius 2 is 1.58 bits per heavy atom. The van der Waals surface area contributed by atoms with E-state index in [9.17, 15) is 4.21 Å². The van der Waals surface area contributed by atoms with Crippen LogP contribution in [0.4, 0.5) is 0 Å². The number of thiazole rings is 1. The second kappa shape index (κ2) is 7.43. The average molecular weight is 380 g/mol. The molecule has 26 heavy (non-hydrogen) atoms. The number of aromatic nitrogens is 3. The van der Waals surface area contributed by atoms with E-state index in [2.05, 4.69) is 33.2 Å². The van der Waals surface area contributed by atoms with Crippen molar-refractivity contribution in [3.8, 4) is 0 Å². The Hall–Kier alpha value is -2.44. The van der Waals surface area contributed by atoms with Crippen LogP contribution in [-0.2, 0) is 23.6 Å². The van der Waals surface area contributed by atoms with Crippen molar-refractivity contribution in [2.24, 2.45) is 0 Å². The number of hydrogen-bond acceptors (Lipinski definition) is 5. The highest BCUT2D eigenvalue weighted by atomic mass is 32.2. The molecule has 130 valence electrons. The maximum atomic E-state index is 12.0. The largest absolute Gasteiger partial charge is 0.251 e. The molecule has 0 fully saturated rings. The molecule has 0 bridgehead atoms. The summed E-state index contributed by atoms with van der Waals surface area (Å²) in [6.07, 6.45) is 2.93. The van der Waals surface area contributed by atoms with Gasteiger partial charge in [0.05, 0.1) is 31.7 Å². The zero-order chi connectivity index (χ0) is 17.9. The SMILES string of the molecule is CS(=O)c1nc(Cc2ccccc2)cc(Cc2nc3ccccc3s2)n1. The number of fused-ring (bicyclic) bond motifs is 1. The lowest BCUT2D eigenvalue weighted by atomic mass is 10.1. The minimum Gasteiger partial charge on any atom is -0.251 e. The van der Waals surface area contributed by atoms with Crippen molar-refractivity contribution in [3.63, 3.8) is 0 Å². The van der Waals surface area contributed by atoms with Crippen LogP contribution in [0, 0.1) is 0 Å². The number of nitrogens with zero attached hydrogens (tertiary/aromatic N) is 3. The van der Waals surface area contributed by atoms with Gasteiger partial charge in [-0.05, 0) is 23.8 Å². The summed E-state index contributed by atoms with van der Waals surface area (Å²) in [4.78, 5) is 13.7. The molecule has 2 heterocycles. The van der Waals surface area contributed by atoms with Gasteiger partial charge in [-0.15, -0.1) is 11.3 Å². The van der Waals surface area contributed by atoms with Crippen LogP contribution >= 0.6 is 11.3 Å². The second-order valence-electron chi connectivity index (χ2n) is 6.00. The van der Waals surface area contributed by atoms with Crippen molar-refractivity contribution in [1.82, 2.24) is 15.0 Å². The highest BCUT2D eigenvalue weighted by Gasteiger charge is 2.11. The Morgan fingerprint density at radius 3 is 2.31 bits per heavy atom. The molecule has 0 spiro atoms. The van der Waals surface area contributed by atoms with Gasteiger partial charge >= 0.3 is 0 Å². The third-order valence-corrected chi connectivity index (χ3v) is 5.70. The fourth-order valence-corrected chi connectivity index (χ4v) is 4.27. The van der Waals surface area contributed by atoms with E-state index >= 15 is 0 Å². The van der Waals surface area contributed by atoms with Crippen LogP contribution in [0.15, 0.2) is 65.8 Å². The number of para-hydroxylation sites is 1. The Kier molecular flexibility index (Phi) is 4.86. The summed E-state index contributed by atoms with van der Waals surface area (Å²) < 4.78 is 13.1. The molecule has 2 aromatic heterocycles. The van der Waals surface area contributed by atoms with Gasteiger partial charge in [-0.2, -0.15) is 0 Å². The Morgan fingerprint density at radius 1 is 0.885 bits per heavy atom. The van der Waals surface area contributed by atoms with Crippen LogP contribution in [0.25, 0.3) is 10.2 Å². The third kappa shape index (κ3) is 3.86. The van der Waals surface area contributed by atoms with Gasteiger partial charge in [0, 0.05) is 24.8 Å². The zero-order valence-electron chi connectivity index (χ0n) is 14.3. The summed E-state index contributed by atoms with van der Waals surface area (Å²) in [6, 6.07) is 20.2. The van der Waals surface area contributed by atoms with E-state index in [-0.39, 0.29) is 0 Å². The molecule has 0 N–H and O–H groups in total. The molecule has 0 radical (unpaired) electrons. The zero-order valence-corrected chi connectivity index (χ0v) is 15.9. The van der Waals surface area contributed by atoms with Gasteiger partial charge in [0.2, 0.25) is 5.16 Å². The molecular weight excluding hydrogens is 362 g/mol. The topological polar surface area (TPSA) is 55.7 Å². The van der Waals surface area contributed by atoms with E-state index in [0.717, 1.165) is 21.9 Å². The number of hydrogen-bond donors (Lipinski definition) is 0. The third-order valence-electron chi connectivity index (χ3n) is 3.97. The van der Waals surface area contributed by atoms with E-state index in [1.165, 1.54) is 10.3 Å². The van der Waals surface area contributed by atoms with Crippen molar-refractivity contribution >= 4 is 32.4 Å². The summed E-state index contributed by atoms with van der Waals surface area (Å²) in [7, 11) is -1.22. The van der Waals surface area contributed by atoms with Gasteiger partial charge in [0.15, 0.2) is 0 Å². The Balaban J connectivity index is 1.67. The van der Waals surface area contributed by atoms with Gasteiger partial charge < -0.3 is 0 Å². The maximum Gasteiger partial charge on any atom is 0.218 e. The lowest BCUT2D eigenvalue weighted by Gasteiger charge is -2.06. The monoisotopic (exact) mass is 379 g/mol. The first-order chi connectivity index (χ1) is 12.7. The molecule has 0 amide bonds. The predicted molar refractivity (Wildman–Crippen MR) is 106 cm³/mol. The lowest BCUT2D eigenvalue weighted by molar-refractivity contribution is 0.676. The number of benzene rings is 2. The first kappa shape index (κ1) is 17.0. The van der Waals surface area contributed by atoms with Crippen LogP contribution in [0.1, 0.15) is 22.0 Å². The quantitative estimate of drug-likeness (QED) is 0.492. The minimum atomic E-state index is -1.22. The Labute approximate surface area is 158 Å². The molecule has 1 unspecified atom stereocenters. The van der Waals surface area contributed by atoms with E-state index in [4.69, 9.17) is 0 Å². The fourth-order valence-electron chi connectivity index (χ4n) is 2.79. The van der Waals surface area contributed by atoms with Crippen LogP contribution < -0.4 is 0 Å². The van der Waals surface area contributed by atoms with Crippen molar-refractivity contribution in [2.45, 2.75) is 18.0 Å². The summed E-state index contributed by atoms with van der Waals surface area (Å²) >= 11 is 1.67. The maximum absolute atomic E-state index is 12.0. The molecule has 0 saturated heterocycles. The van der Waals surface area contributed by atoms with E-state index < -0.39 is 10.8 Å². The molecule has 0 aliphatic carbocycles. The van der Waals surface area contributed by atoms with Crippen molar-refractivity contribution in [3.05, 3.63) is 82.6 Å².